The smallest absolute Gasteiger partial charge is 0.314 e. The first kappa shape index (κ1) is 17.3. The average molecular weight is 331 g/mol. The highest BCUT2D eigenvalue weighted by atomic mass is 16.6. The summed E-state index contributed by atoms with van der Waals surface area (Å²) >= 11 is 0. The number of ether oxygens (including phenoxy) is 3. The van der Waals surface area contributed by atoms with Gasteiger partial charge >= 0.3 is 5.69 Å². The van der Waals surface area contributed by atoms with Gasteiger partial charge in [-0.15, -0.1) is 0 Å². The number of carbonyl (C=O) groups is 1. The maximum absolute atomic E-state index is 12.4. The third-order valence-corrected chi connectivity index (χ3v) is 3.41. The molecule has 7 heteroatoms. The Bertz CT molecular complexity index is 741. The first-order valence-corrected chi connectivity index (χ1v) is 7.13. The zero-order chi connectivity index (χ0) is 17.7. The lowest BCUT2D eigenvalue weighted by molar-refractivity contribution is -0.386. The Labute approximate surface area is 138 Å². The maximum atomic E-state index is 12.4. The van der Waals surface area contributed by atoms with E-state index in [4.69, 9.17) is 14.2 Å². The van der Waals surface area contributed by atoms with Crippen LogP contribution in [0.1, 0.15) is 17.3 Å². The second-order valence-electron chi connectivity index (χ2n) is 4.94. The molecule has 2 aromatic rings. The van der Waals surface area contributed by atoms with Crippen LogP contribution in [0.3, 0.4) is 0 Å². The first-order valence-electron chi connectivity index (χ1n) is 7.13. The van der Waals surface area contributed by atoms with E-state index >= 15 is 0 Å². The van der Waals surface area contributed by atoms with Gasteiger partial charge in [0.05, 0.1) is 25.2 Å². The second-order valence-corrected chi connectivity index (χ2v) is 4.94. The number of benzene rings is 2. The van der Waals surface area contributed by atoms with Crippen molar-refractivity contribution in [1.82, 2.24) is 0 Å². The summed E-state index contributed by atoms with van der Waals surface area (Å²) in [5, 5.41) is 11.2. The van der Waals surface area contributed by atoms with Crippen molar-refractivity contribution in [3.05, 3.63) is 58.1 Å². The largest absolute Gasteiger partial charge is 0.497 e. The van der Waals surface area contributed by atoms with E-state index in [1.54, 1.807) is 31.2 Å². The monoisotopic (exact) mass is 331 g/mol. The minimum absolute atomic E-state index is 0.00941. The summed E-state index contributed by atoms with van der Waals surface area (Å²) in [5.74, 6) is 0.687. The molecule has 0 bridgehead atoms. The maximum Gasteiger partial charge on any atom is 0.314 e. The van der Waals surface area contributed by atoms with Crippen LogP contribution in [0.25, 0.3) is 0 Å². The van der Waals surface area contributed by atoms with Crippen LogP contribution in [0, 0.1) is 10.1 Å². The Morgan fingerprint density at radius 3 is 2.17 bits per heavy atom. The van der Waals surface area contributed by atoms with Crippen LogP contribution in [-0.4, -0.2) is 31.0 Å². The number of nitro benzene ring substituents is 1. The fourth-order valence-corrected chi connectivity index (χ4v) is 2.10. The van der Waals surface area contributed by atoms with Gasteiger partial charge in [-0.05, 0) is 43.3 Å². The Hall–Kier alpha value is -3.09. The highest BCUT2D eigenvalue weighted by molar-refractivity contribution is 5.99. The van der Waals surface area contributed by atoms with E-state index in [0.717, 1.165) is 0 Å². The predicted octanol–water partition coefficient (Wildman–Crippen LogP) is 3.26. The van der Waals surface area contributed by atoms with Crippen molar-refractivity contribution in [1.29, 1.82) is 0 Å². The molecule has 1 atom stereocenters. The lowest BCUT2D eigenvalue weighted by Crippen LogP contribution is -2.24. The van der Waals surface area contributed by atoms with Crippen molar-refractivity contribution in [2.45, 2.75) is 13.0 Å². The minimum Gasteiger partial charge on any atom is -0.497 e. The molecule has 7 nitrogen and oxygen atoms in total. The number of rotatable bonds is 7. The van der Waals surface area contributed by atoms with Crippen molar-refractivity contribution < 1.29 is 23.9 Å². The molecule has 0 N–H and O–H groups in total. The molecule has 0 fully saturated rings. The summed E-state index contributed by atoms with van der Waals surface area (Å²) in [5.41, 5.74) is 0.170. The third-order valence-electron chi connectivity index (χ3n) is 3.41. The van der Waals surface area contributed by atoms with Crippen molar-refractivity contribution in [3.8, 4) is 17.2 Å². The SMILES string of the molecule is COc1ccc(C(=O)C(C)Oc2ccc(OC)cc2[N+](=O)[O-])cc1. The molecule has 0 saturated carbocycles. The van der Waals surface area contributed by atoms with Gasteiger partial charge in [0.1, 0.15) is 11.5 Å². The molecule has 0 spiro atoms. The molecule has 0 aromatic heterocycles. The number of hydrogen-bond donors (Lipinski definition) is 0. The number of hydrogen-bond acceptors (Lipinski definition) is 6. The van der Waals surface area contributed by atoms with E-state index in [0.29, 0.717) is 17.1 Å². The van der Waals surface area contributed by atoms with Gasteiger partial charge in [-0.3, -0.25) is 14.9 Å². The van der Waals surface area contributed by atoms with Crippen molar-refractivity contribution >= 4 is 11.5 Å². The summed E-state index contributed by atoms with van der Waals surface area (Å²) < 4.78 is 15.5. The molecule has 2 rings (SSSR count). The molecule has 1 unspecified atom stereocenters. The van der Waals surface area contributed by atoms with Crippen molar-refractivity contribution in [2.24, 2.45) is 0 Å². The molecule has 0 saturated heterocycles. The number of Topliss-reactive ketones (excluding diaryl/α,β-unsaturated/α-hetero) is 1. The van der Waals surface area contributed by atoms with Crippen LogP contribution in [0.2, 0.25) is 0 Å². The zero-order valence-corrected chi connectivity index (χ0v) is 13.5. The molecule has 0 aliphatic carbocycles. The van der Waals surface area contributed by atoms with Gasteiger partial charge in [0.25, 0.3) is 0 Å². The summed E-state index contributed by atoms with van der Waals surface area (Å²) in [6.07, 6.45) is -0.884. The normalized spacial score (nSPS) is 11.5. The van der Waals surface area contributed by atoms with Gasteiger partial charge in [-0.2, -0.15) is 0 Å². The number of nitro groups is 1. The lowest BCUT2D eigenvalue weighted by Gasteiger charge is -2.14. The Morgan fingerprint density at radius 2 is 1.62 bits per heavy atom. The molecular formula is C17H17NO6. The van der Waals surface area contributed by atoms with Gasteiger partial charge in [-0.25, -0.2) is 0 Å². The van der Waals surface area contributed by atoms with Gasteiger partial charge in [-0.1, -0.05) is 0 Å². The van der Waals surface area contributed by atoms with Crippen LogP contribution in [0.15, 0.2) is 42.5 Å². The molecule has 24 heavy (non-hydrogen) atoms. The van der Waals surface area contributed by atoms with Gasteiger partial charge < -0.3 is 14.2 Å². The summed E-state index contributed by atoms with van der Waals surface area (Å²) in [6, 6.07) is 10.8. The minimum atomic E-state index is -0.884. The van der Waals surface area contributed by atoms with Crippen LogP contribution < -0.4 is 14.2 Å². The summed E-state index contributed by atoms with van der Waals surface area (Å²) in [6.45, 7) is 1.54. The number of nitrogens with zero attached hydrogens (tertiary/aromatic N) is 1. The van der Waals surface area contributed by atoms with Crippen LogP contribution in [0.4, 0.5) is 5.69 Å². The van der Waals surface area contributed by atoms with E-state index in [1.165, 1.54) is 32.4 Å². The standard InChI is InChI=1S/C17H17NO6/c1-11(17(19)12-4-6-13(22-2)7-5-12)24-16-9-8-14(23-3)10-15(16)18(20)21/h4-11H,1-3H3. The number of ketones is 1. The molecule has 126 valence electrons. The fourth-order valence-electron chi connectivity index (χ4n) is 2.10. The first-order chi connectivity index (χ1) is 11.5. The lowest BCUT2D eigenvalue weighted by atomic mass is 10.1. The van der Waals surface area contributed by atoms with Crippen molar-refractivity contribution in [3.63, 3.8) is 0 Å². The quantitative estimate of drug-likeness (QED) is 0.439. The van der Waals surface area contributed by atoms with Gasteiger partial charge in [0, 0.05) is 5.56 Å². The summed E-state index contributed by atoms with van der Waals surface area (Å²) in [7, 11) is 2.95. The van der Waals surface area contributed by atoms with E-state index in [-0.39, 0.29) is 17.2 Å². The number of carbonyl (C=O) groups excluding carboxylic acids is 1. The Morgan fingerprint density at radius 1 is 1.04 bits per heavy atom. The van der Waals surface area contributed by atoms with E-state index in [1.807, 2.05) is 0 Å². The molecule has 0 aliphatic heterocycles. The highest BCUT2D eigenvalue weighted by Gasteiger charge is 2.23. The summed E-state index contributed by atoms with van der Waals surface area (Å²) in [4.78, 5) is 23.0. The zero-order valence-electron chi connectivity index (χ0n) is 13.5. The van der Waals surface area contributed by atoms with Crippen LogP contribution in [0.5, 0.6) is 17.2 Å². The Balaban J connectivity index is 2.20. The highest BCUT2D eigenvalue weighted by Crippen LogP contribution is 2.32. The van der Waals surface area contributed by atoms with Gasteiger partial charge in [0.15, 0.2) is 11.9 Å². The topological polar surface area (TPSA) is 87.9 Å². The predicted molar refractivity (Wildman–Crippen MR) is 87.1 cm³/mol. The van der Waals surface area contributed by atoms with Crippen molar-refractivity contribution in [2.75, 3.05) is 14.2 Å². The van der Waals surface area contributed by atoms with Crippen LogP contribution in [-0.2, 0) is 0 Å². The molecule has 2 aromatic carbocycles. The van der Waals surface area contributed by atoms with E-state index in [9.17, 15) is 14.9 Å². The molecule has 0 radical (unpaired) electrons. The van der Waals surface area contributed by atoms with E-state index < -0.39 is 11.0 Å². The van der Waals surface area contributed by atoms with Gasteiger partial charge in [0.2, 0.25) is 5.78 Å². The molecular weight excluding hydrogens is 314 g/mol. The van der Waals surface area contributed by atoms with E-state index in [2.05, 4.69) is 0 Å². The Kier molecular flexibility index (Phi) is 5.36. The molecule has 0 heterocycles. The van der Waals surface area contributed by atoms with Crippen LogP contribution >= 0.6 is 0 Å². The third kappa shape index (κ3) is 3.81. The number of methoxy groups -OCH3 is 2. The average Bonchev–Trinajstić information content (AvgIpc) is 2.61. The fraction of sp³-hybridized carbons (Fsp3) is 0.235. The molecule has 0 amide bonds. The molecule has 0 aliphatic rings. The second kappa shape index (κ2) is 7.45.